The summed E-state index contributed by atoms with van der Waals surface area (Å²) < 4.78 is 0. The Hall–Kier alpha value is -0.850. The van der Waals surface area contributed by atoms with E-state index in [9.17, 15) is 0 Å². The summed E-state index contributed by atoms with van der Waals surface area (Å²) in [6, 6.07) is 4.18. The van der Waals surface area contributed by atoms with Crippen molar-refractivity contribution in [1.29, 1.82) is 0 Å². The molecule has 0 amide bonds. The molecule has 12 heavy (non-hydrogen) atoms. The molecule has 68 valence electrons. The van der Waals surface area contributed by atoms with Crippen molar-refractivity contribution in [2.24, 2.45) is 0 Å². The summed E-state index contributed by atoms with van der Waals surface area (Å²) in [6.07, 6.45) is 1.94. The van der Waals surface area contributed by atoms with Crippen molar-refractivity contribution in [3.05, 3.63) is 29.6 Å². The first-order valence-electron chi connectivity index (χ1n) is 4.62. The van der Waals surface area contributed by atoms with E-state index in [-0.39, 0.29) is 0 Å². The van der Waals surface area contributed by atoms with Crippen LogP contribution in [0.2, 0.25) is 0 Å². The van der Waals surface area contributed by atoms with Gasteiger partial charge >= 0.3 is 0 Å². The summed E-state index contributed by atoms with van der Waals surface area (Å²) in [4.78, 5) is 4.20. The van der Waals surface area contributed by atoms with Crippen LogP contribution in [0.15, 0.2) is 18.3 Å². The van der Waals surface area contributed by atoms with Crippen LogP contribution in [0.1, 0.15) is 44.9 Å². The van der Waals surface area contributed by atoms with Crippen LogP contribution in [0.4, 0.5) is 0 Å². The standard InChI is InChI=1S/C9H13N.C2H6/c1-7(2)9-5-4-8(3)10-6-9;1-2/h4-7H,1-3H3;1-2H3. The second-order valence-electron chi connectivity index (χ2n) is 2.89. The van der Waals surface area contributed by atoms with E-state index in [1.165, 1.54) is 5.56 Å². The Balaban J connectivity index is 0.000000561. The van der Waals surface area contributed by atoms with E-state index >= 15 is 0 Å². The average molecular weight is 165 g/mol. The van der Waals surface area contributed by atoms with Gasteiger partial charge in [0, 0.05) is 11.9 Å². The largest absolute Gasteiger partial charge is 0.261 e. The van der Waals surface area contributed by atoms with Gasteiger partial charge in [-0.25, -0.2) is 0 Å². The molecule has 0 N–H and O–H groups in total. The number of nitrogens with zero attached hydrogens (tertiary/aromatic N) is 1. The van der Waals surface area contributed by atoms with Crippen LogP contribution in [0.5, 0.6) is 0 Å². The maximum absolute atomic E-state index is 4.20. The lowest BCUT2D eigenvalue weighted by Gasteiger charge is -2.02. The second kappa shape index (κ2) is 5.76. The van der Waals surface area contributed by atoms with Gasteiger partial charge in [-0.1, -0.05) is 33.8 Å². The van der Waals surface area contributed by atoms with E-state index in [4.69, 9.17) is 0 Å². The lowest BCUT2D eigenvalue weighted by atomic mass is 10.1. The molecule has 0 atom stereocenters. The molecular weight excluding hydrogens is 146 g/mol. The van der Waals surface area contributed by atoms with Gasteiger partial charge in [-0.15, -0.1) is 0 Å². The Morgan fingerprint density at radius 3 is 2.08 bits per heavy atom. The zero-order valence-corrected chi connectivity index (χ0v) is 8.76. The van der Waals surface area contributed by atoms with Crippen molar-refractivity contribution in [1.82, 2.24) is 4.98 Å². The van der Waals surface area contributed by atoms with Crippen molar-refractivity contribution < 1.29 is 0 Å². The molecule has 1 rings (SSSR count). The minimum Gasteiger partial charge on any atom is -0.261 e. The van der Waals surface area contributed by atoms with Crippen LogP contribution in [0, 0.1) is 6.92 Å². The molecule has 0 unspecified atom stereocenters. The highest BCUT2D eigenvalue weighted by atomic mass is 14.7. The Bertz CT molecular complexity index is 199. The maximum atomic E-state index is 4.20. The highest BCUT2D eigenvalue weighted by molar-refractivity contribution is 5.15. The summed E-state index contributed by atoms with van der Waals surface area (Å²) in [5, 5.41) is 0. The molecule has 0 saturated heterocycles. The van der Waals surface area contributed by atoms with Gasteiger partial charge < -0.3 is 0 Å². The van der Waals surface area contributed by atoms with Crippen LogP contribution in [-0.4, -0.2) is 4.98 Å². The molecule has 0 spiro atoms. The van der Waals surface area contributed by atoms with E-state index in [2.05, 4.69) is 31.0 Å². The normalized spacial score (nSPS) is 9.17. The summed E-state index contributed by atoms with van der Waals surface area (Å²) in [6.45, 7) is 10.4. The van der Waals surface area contributed by atoms with Crippen molar-refractivity contribution in [2.75, 3.05) is 0 Å². The average Bonchev–Trinajstić information content (AvgIpc) is 2.09. The predicted octanol–water partition coefficient (Wildman–Crippen LogP) is 3.54. The Kier molecular flexibility index (Phi) is 5.35. The maximum Gasteiger partial charge on any atom is 0.0372 e. The van der Waals surface area contributed by atoms with E-state index in [1.54, 1.807) is 0 Å². The monoisotopic (exact) mass is 165 g/mol. The molecule has 0 aromatic carbocycles. The first-order chi connectivity index (χ1) is 5.70. The third kappa shape index (κ3) is 3.51. The second-order valence-corrected chi connectivity index (χ2v) is 2.89. The molecule has 0 aliphatic rings. The van der Waals surface area contributed by atoms with E-state index in [1.807, 2.05) is 27.0 Å². The molecule has 0 fully saturated rings. The summed E-state index contributed by atoms with van der Waals surface area (Å²) in [5.74, 6) is 0.591. The van der Waals surface area contributed by atoms with Gasteiger partial charge in [-0.05, 0) is 24.5 Å². The molecule has 0 aliphatic heterocycles. The number of pyridine rings is 1. The lowest BCUT2D eigenvalue weighted by Crippen LogP contribution is -1.88. The van der Waals surface area contributed by atoms with E-state index < -0.39 is 0 Å². The van der Waals surface area contributed by atoms with Gasteiger partial charge in [0.05, 0.1) is 0 Å². The number of rotatable bonds is 1. The Morgan fingerprint density at radius 1 is 1.17 bits per heavy atom. The van der Waals surface area contributed by atoms with E-state index in [0.717, 1.165) is 5.69 Å². The van der Waals surface area contributed by atoms with Crippen LogP contribution in [-0.2, 0) is 0 Å². The summed E-state index contributed by atoms with van der Waals surface area (Å²) in [7, 11) is 0. The minimum absolute atomic E-state index is 0.591. The molecule has 1 heterocycles. The molecule has 0 radical (unpaired) electrons. The fraction of sp³-hybridized carbons (Fsp3) is 0.545. The van der Waals surface area contributed by atoms with Crippen LogP contribution in [0.25, 0.3) is 0 Å². The number of aryl methyl sites for hydroxylation is 1. The summed E-state index contributed by atoms with van der Waals surface area (Å²) in [5.41, 5.74) is 2.40. The van der Waals surface area contributed by atoms with Crippen molar-refractivity contribution in [2.45, 2.75) is 40.5 Å². The molecular formula is C11H19N. The van der Waals surface area contributed by atoms with Gasteiger partial charge in [0.2, 0.25) is 0 Å². The molecule has 0 aliphatic carbocycles. The number of hydrogen-bond donors (Lipinski definition) is 0. The molecule has 1 aromatic rings. The molecule has 0 saturated carbocycles. The van der Waals surface area contributed by atoms with Crippen molar-refractivity contribution in [3.63, 3.8) is 0 Å². The molecule has 0 bridgehead atoms. The highest BCUT2D eigenvalue weighted by Crippen LogP contribution is 2.11. The lowest BCUT2D eigenvalue weighted by molar-refractivity contribution is 0.855. The van der Waals surface area contributed by atoms with Gasteiger partial charge in [0.1, 0.15) is 0 Å². The molecule has 1 nitrogen and oxygen atoms in total. The van der Waals surface area contributed by atoms with Crippen LogP contribution >= 0.6 is 0 Å². The summed E-state index contributed by atoms with van der Waals surface area (Å²) >= 11 is 0. The third-order valence-corrected chi connectivity index (χ3v) is 1.60. The fourth-order valence-corrected chi connectivity index (χ4v) is 0.821. The smallest absolute Gasteiger partial charge is 0.0372 e. The highest BCUT2D eigenvalue weighted by Gasteiger charge is 1.96. The zero-order chi connectivity index (χ0) is 9.56. The topological polar surface area (TPSA) is 12.9 Å². The first kappa shape index (κ1) is 11.2. The van der Waals surface area contributed by atoms with Gasteiger partial charge in [-0.2, -0.15) is 0 Å². The number of aromatic nitrogens is 1. The zero-order valence-electron chi connectivity index (χ0n) is 8.76. The van der Waals surface area contributed by atoms with E-state index in [0.29, 0.717) is 5.92 Å². The predicted molar refractivity (Wildman–Crippen MR) is 54.4 cm³/mol. The Morgan fingerprint density at radius 2 is 1.75 bits per heavy atom. The molecule has 1 heteroatoms. The fourth-order valence-electron chi connectivity index (χ4n) is 0.821. The third-order valence-electron chi connectivity index (χ3n) is 1.60. The number of hydrogen-bond acceptors (Lipinski definition) is 1. The van der Waals surface area contributed by atoms with Crippen molar-refractivity contribution >= 4 is 0 Å². The first-order valence-corrected chi connectivity index (χ1v) is 4.62. The quantitative estimate of drug-likeness (QED) is 0.620. The molecule has 1 aromatic heterocycles. The Labute approximate surface area is 75.8 Å². The SMILES string of the molecule is CC.Cc1ccc(C(C)C)cn1. The van der Waals surface area contributed by atoms with Gasteiger partial charge in [-0.3, -0.25) is 4.98 Å². The van der Waals surface area contributed by atoms with Crippen LogP contribution < -0.4 is 0 Å². The van der Waals surface area contributed by atoms with Gasteiger partial charge in [0.15, 0.2) is 0 Å². The van der Waals surface area contributed by atoms with Gasteiger partial charge in [0.25, 0.3) is 0 Å². The van der Waals surface area contributed by atoms with Crippen LogP contribution in [0.3, 0.4) is 0 Å². The minimum atomic E-state index is 0.591. The van der Waals surface area contributed by atoms with Crippen molar-refractivity contribution in [3.8, 4) is 0 Å².